The Labute approximate surface area is 184 Å². The minimum absolute atomic E-state index is 0.0554. The highest BCUT2D eigenvalue weighted by Crippen LogP contribution is 2.26. The highest BCUT2D eigenvalue weighted by Gasteiger charge is 2.15. The van der Waals surface area contributed by atoms with Crippen molar-refractivity contribution in [2.75, 3.05) is 11.9 Å². The van der Waals surface area contributed by atoms with Crippen LogP contribution in [-0.2, 0) is 6.54 Å². The fraction of sp³-hybridized carbons (Fsp3) is 0.400. The number of nitrogens with zero attached hydrogens (tertiary/aromatic N) is 5. The van der Waals surface area contributed by atoms with E-state index in [2.05, 4.69) is 39.5 Å². The molecule has 0 saturated carbocycles. The molecule has 1 amide bonds. The van der Waals surface area contributed by atoms with Crippen LogP contribution in [0.2, 0.25) is 0 Å². The van der Waals surface area contributed by atoms with Gasteiger partial charge in [0.2, 0.25) is 0 Å². The second-order valence-electron chi connectivity index (χ2n) is 7.49. The molecule has 2 N–H and O–H groups in total. The maximum absolute atomic E-state index is 12.3. The number of rotatable bonds is 9. The van der Waals surface area contributed by atoms with Crippen molar-refractivity contribution in [1.82, 2.24) is 25.1 Å². The van der Waals surface area contributed by atoms with E-state index in [1.54, 1.807) is 22.6 Å². The molecule has 0 radical (unpaired) electrons. The van der Waals surface area contributed by atoms with Gasteiger partial charge in [-0.2, -0.15) is 5.10 Å². The highest BCUT2D eigenvalue weighted by atomic mass is 32.2. The summed E-state index contributed by atoms with van der Waals surface area (Å²) in [5, 5.41) is 23.1. The molecule has 0 aliphatic carbocycles. The summed E-state index contributed by atoms with van der Waals surface area (Å²) in [4.78, 5) is 31.9. The van der Waals surface area contributed by atoms with Gasteiger partial charge in [0.15, 0.2) is 10.8 Å². The van der Waals surface area contributed by atoms with E-state index in [1.807, 2.05) is 13.8 Å². The molecule has 0 atom stereocenters. The number of carbonyl (C=O) groups excluding carboxylic acids is 1. The number of aromatic nitrogens is 4. The fourth-order valence-corrected chi connectivity index (χ4v) is 3.56. The van der Waals surface area contributed by atoms with E-state index in [1.165, 1.54) is 24.3 Å². The van der Waals surface area contributed by atoms with Crippen LogP contribution in [0.1, 0.15) is 38.1 Å². The zero-order valence-corrected chi connectivity index (χ0v) is 18.6. The van der Waals surface area contributed by atoms with E-state index in [0.29, 0.717) is 34.7 Å². The third-order valence-electron chi connectivity index (χ3n) is 4.19. The molecule has 0 spiro atoms. The molecule has 0 bridgehead atoms. The molecule has 0 saturated heterocycles. The van der Waals surface area contributed by atoms with Crippen LogP contribution < -0.4 is 10.6 Å². The number of non-ortho nitro benzene ring substituents is 1. The van der Waals surface area contributed by atoms with Gasteiger partial charge in [-0.3, -0.25) is 14.9 Å². The number of thioether (sulfide) groups is 1. The normalized spacial score (nSPS) is 11.3. The molecule has 3 rings (SSSR count). The van der Waals surface area contributed by atoms with Crippen molar-refractivity contribution in [2.45, 2.75) is 50.7 Å². The number of nitro benzene ring substituents is 1. The lowest BCUT2D eigenvalue weighted by molar-refractivity contribution is -0.384. The van der Waals surface area contributed by atoms with Gasteiger partial charge in [0.25, 0.3) is 11.6 Å². The summed E-state index contributed by atoms with van der Waals surface area (Å²) in [6.07, 6.45) is 1.72. The average Bonchev–Trinajstić information content (AvgIpc) is 3.10. The number of hydrogen-bond acceptors (Lipinski definition) is 8. The summed E-state index contributed by atoms with van der Waals surface area (Å²) >= 11 is 1.57. The zero-order valence-electron chi connectivity index (χ0n) is 17.8. The smallest absolute Gasteiger partial charge is 0.269 e. The molecule has 11 heteroatoms. The lowest BCUT2D eigenvalue weighted by Crippen LogP contribution is -2.27. The number of fused-ring (bicyclic) bond motifs is 1. The van der Waals surface area contributed by atoms with Gasteiger partial charge in [-0.1, -0.05) is 25.6 Å². The van der Waals surface area contributed by atoms with Crippen LogP contribution in [0.3, 0.4) is 0 Å². The van der Waals surface area contributed by atoms with E-state index in [-0.39, 0.29) is 17.6 Å². The molecule has 10 nitrogen and oxygen atoms in total. The molecule has 164 valence electrons. The number of nitro groups is 1. The second kappa shape index (κ2) is 9.73. The van der Waals surface area contributed by atoms with Gasteiger partial charge < -0.3 is 10.6 Å². The summed E-state index contributed by atoms with van der Waals surface area (Å²) in [5.41, 5.74) is 1.00. The van der Waals surface area contributed by atoms with Crippen molar-refractivity contribution in [3.05, 3.63) is 46.1 Å². The summed E-state index contributed by atoms with van der Waals surface area (Å²) in [5.74, 6) is 0.434. The van der Waals surface area contributed by atoms with Gasteiger partial charge >= 0.3 is 0 Å². The van der Waals surface area contributed by atoms with Gasteiger partial charge in [-0.15, -0.1) is 0 Å². The van der Waals surface area contributed by atoms with Gasteiger partial charge in [0, 0.05) is 35.5 Å². The lowest BCUT2D eigenvalue weighted by atomic mass is 10.2. The Morgan fingerprint density at radius 3 is 2.52 bits per heavy atom. The lowest BCUT2D eigenvalue weighted by Gasteiger charge is -2.12. The van der Waals surface area contributed by atoms with E-state index < -0.39 is 4.92 Å². The largest absolute Gasteiger partial charge is 0.367 e. The molecule has 31 heavy (non-hydrogen) atoms. The first-order valence-electron chi connectivity index (χ1n) is 9.94. The maximum Gasteiger partial charge on any atom is 0.269 e. The molecular formula is C20H25N7O3S. The predicted molar refractivity (Wildman–Crippen MR) is 121 cm³/mol. The first-order chi connectivity index (χ1) is 14.7. The van der Waals surface area contributed by atoms with Crippen LogP contribution in [0.5, 0.6) is 0 Å². The van der Waals surface area contributed by atoms with Gasteiger partial charge in [0.05, 0.1) is 23.1 Å². The van der Waals surface area contributed by atoms with Crippen molar-refractivity contribution in [3.63, 3.8) is 0 Å². The maximum atomic E-state index is 12.3. The van der Waals surface area contributed by atoms with E-state index in [0.717, 1.165) is 11.2 Å². The number of anilines is 1. The van der Waals surface area contributed by atoms with Gasteiger partial charge in [-0.05, 0) is 26.0 Å². The molecule has 0 unspecified atom stereocenters. The minimum Gasteiger partial charge on any atom is -0.367 e. The molecule has 2 aromatic heterocycles. The summed E-state index contributed by atoms with van der Waals surface area (Å²) in [7, 11) is 0. The Kier molecular flexibility index (Phi) is 7.06. The molecule has 1 aromatic carbocycles. The molecule has 0 fully saturated rings. The van der Waals surface area contributed by atoms with Crippen LogP contribution in [0.15, 0.2) is 35.6 Å². The van der Waals surface area contributed by atoms with Crippen molar-refractivity contribution >= 4 is 40.2 Å². The first kappa shape index (κ1) is 22.5. The quantitative estimate of drug-likeness (QED) is 0.223. The van der Waals surface area contributed by atoms with Crippen LogP contribution in [0.4, 0.5) is 11.5 Å². The number of amides is 1. The SMILES string of the molecule is CC(C)Nc1nc(SC(C)C)nc2c1cnn2CCNC(=O)c1ccc([N+](=O)[O-])cc1. The Bertz CT molecular complexity index is 1080. The van der Waals surface area contributed by atoms with Crippen LogP contribution in [0, 0.1) is 10.1 Å². The Morgan fingerprint density at radius 1 is 1.19 bits per heavy atom. The fourth-order valence-electron chi connectivity index (χ4n) is 2.86. The average molecular weight is 444 g/mol. The Hall–Kier alpha value is -3.21. The van der Waals surface area contributed by atoms with Gasteiger partial charge in [0.1, 0.15) is 5.82 Å². The van der Waals surface area contributed by atoms with Crippen molar-refractivity contribution in [1.29, 1.82) is 0 Å². The van der Waals surface area contributed by atoms with Crippen LogP contribution in [-0.4, -0.2) is 48.4 Å². The predicted octanol–water partition coefficient (Wildman–Crippen LogP) is 3.49. The van der Waals surface area contributed by atoms with E-state index in [4.69, 9.17) is 0 Å². The third-order valence-corrected chi connectivity index (χ3v) is 5.06. The first-order valence-corrected chi connectivity index (χ1v) is 10.8. The molecule has 2 heterocycles. The van der Waals surface area contributed by atoms with Gasteiger partial charge in [-0.25, -0.2) is 14.6 Å². The molecule has 0 aliphatic rings. The molecule has 3 aromatic rings. The summed E-state index contributed by atoms with van der Waals surface area (Å²) in [6.45, 7) is 9.00. The third kappa shape index (κ3) is 5.69. The topological polar surface area (TPSA) is 128 Å². The van der Waals surface area contributed by atoms with Crippen LogP contribution in [0.25, 0.3) is 11.0 Å². The van der Waals surface area contributed by atoms with Crippen molar-refractivity contribution in [3.8, 4) is 0 Å². The van der Waals surface area contributed by atoms with Crippen molar-refractivity contribution in [2.24, 2.45) is 0 Å². The standard InChI is InChI=1S/C20H25N7O3S/c1-12(2)23-17-16-11-22-26(18(16)25-20(24-17)31-13(3)4)10-9-21-19(28)14-5-7-15(8-6-14)27(29)30/h5-8,11-13H,9-10H2,1-4H3,(H,21,28)(H,23,24,25). The van der Waals surface area contributed by atoms with Crippen molar-refractivity contribution < 1.29 is 9.72 Å². The minimum atomic E-state index is -0.499. The number of carbonyl (C=O) groups is 1. The summed E-state index contributed by atoms with van der Waals surface area (Å²) < 4.78 is 1.74. The Balaban J connectivity index is 1.73. The highest BCUT2D eigenvalue weighted by molar-refractivity contribution is 7.99. The number of hydrogen-bond donors (Lipinski definition) is 2. The van der Waals surface area contributed by atoms with E-state index >= 15 is 0 Å². The Morgan fingerprint density at radius 2 is 1.90 bits per heavy atom. The number of nitrogens with one attached hydrogen (secondary N) is 2. The van der Waals surface area contributed by atoms with Crippen LogP contribution >= 0.6 is 11.8 Å². The van der Waals surface area contributed by atoms with E-state index in [9.17, 15) is 14.9 Å². The zero-order chi connectivity index (χ0) is 22.5. The molecular weight excluding hydrogens is 418 g/mol. The summed E-state index contributed by atoms with van der Waals surface area (Å²) in [6, 6.07) is 5.69. The monoisotopic (exact) mass is 443 g/mol. The molecule has 0 aliphatic heterocycles. The second-order valence-corrected chi connectivity index (χ2v) is 9.03. The number of benzene rings is 1.